The van der Waals surface area contributed by atoms with Crippen molar-refractivity contribution in [1.29, 1.82) is 0 Å². The topological polar surface area (TPSA) is 70.6 Å². The van der Waals surface area contributed by atoms with E-state index in [2.05, 4.69) is 15.6 Å². The van der Waals surface area contributed by atoms with Crippen LogP contribution in [0, 0.1) is 5.92 Å². The lowest BCUT2D eigenvalue weighted by atomic mass is 9.86. The molecule has 0 radical (unpaired) electrons. The molecule has 138 valence electrons. The zero-order chi connectivity index (χ0) is 16.3. The van der Waals surface area contributed by atoms with E-state index in [4.69, 9.17) is 0 Å². The quantitative estimate of drug-likeness (QED) is 0.241. The number of aliphatic imine (C=N–C) groups is 1. The van der Waals surface area contributed by atoms with Crippen molar-refractivity contribution in [2.45, 2.75) is 58.3 Å². The first-order valence-electron chi connectivity index (χ1n) is 8.71. The van der Waals surface area contributed by atoms with Gasteiger partial charge in [0.2, 0.25) is 0 Å². The molecular weight excluding hydrogens is 425 g/mol. The Bertz CT molecular complexity index is 421. The second kappa shape index (κ2) is 13.3. The molecule has 1 fully saturated rings. The number of nitrogens with zero attached hydrogens (tertiary/aromatic N) is 1. The predicted molar refractivity (Wildman–Crippen MR) is 110 cm³/mol. The Morgan fingerprint density at radius 1 is 1.13 bits per heavy atom. The Labute approximate surface area is 159 Å². The third-order valence-electron chi connectivity index (χ3n) is 4.09. The van der Waals surface area contributed by atoms with Crippen LogP contribution in [0.15, 0.2) is 4.99 Å². The van der Waals surface area contributed by atoms with Crippen LogP contribution in [0.1, 0.15) is 58.3 Å². The lowest BCUT2D eigenvalue weighted by Crippen LogP contribution is -2.38. The number of halogens is 1. The molecule has 0 bridgehead atoms. The molecule has 0 aromatic carbocycles. The highest BCUT2D eigenvalue weighted by Gasteiger charge is 2.12. The van der Waals surface area contributed by atoms with Crippen LogP contribution in [0.5, 0.6) is 0 Å². The van der Waals surface area contributed by atoms with E-state index in [-0.39, 0.29) is 29.7 Å². The van der Waals surface area contributed by atoms with Gasteiger partial charge in [-0.1, -0.05) is 32.1 Å². The zero-order valence-corrected chi connectivity index (χ0v) is 17.8. The summed E-state index contributed by atoms with van der Waals surface area (Å²) < 4.78 is 22.2. The molecule has 0 aliphatic heterocycles. The van der Waals surface area contributed by atoms with E-state index in [1.165, 1.54) is 51.2 Å². The maximum absolute atomic E-state index is 11.1. The van der Waals surface area contributed by atoms with Gasteiger partial charge in [-0.15, -0.1) is 24.0 Å². The van der Waals surface area contributed by atoms with Gasteiger partial charge >= 0.3 is 0 Å². The molecule has 23 heavy (non-hydrogen) atoms. The summed E-state index contributed by atoms with van der Waals surface area (Å²) in [7, 11) is -2.88. The maximum atomic E-state index is 11.1. The highest BCUT2D eigenvalue weighted by Crippen LogP contribution is 2.26. The molecule has 1 aliphatic carbocycles. The molecule has 0 unspecified atom stereocenters. The summed E-state index contributed by atoms with van der Waals surface area (Å²) in [5.41, 5.74) is 0. The Hall–Kier alpha value is -0.0500. The fraction of sp³-hybridized carbons (Fsp3) is 0.938. The van der Waals surface area contributed by atoms with E-state index in [0.29, 0.717) is 13.0 Å². The Morgan fingerprint density at radius 3 is 2.43 bits per heavy atom. The molecule has 0 heterocycles. The van der Waals surface area contributed by atoms with Crippen LogP contribution in [0.2, 0.25) is 0 Å². The van der Waals surface area contributed by atoms with Gasteiger partial charge in [-0.2, -0.15) is 0 Å². The van der Waals surface area contributed by atoms with Crippen LogP contribution in [-0.4, -0.2) is 46.0 Å². The third-order valence-corrected chi connectivity index (χ3v) is 5.12. The van der Waals surface area contributed by atoms with Crippen LogP contribution in [0.4, 0.5) is 0 Å². The van der Waals surface area contributed by atoms with E-state index in [1.807, 2.05) is 6.92 Å². The molecular formula is C16H34IN3O2S. The van der Waals surface area contributed by atoms with Crippen molar-refractivity contribution in [3.8, 4) is 0 Å². The number of hydrogen-bond acceptors (Lipinski definition) is 3. The molecule has 0 aromatic heterocycles. The minimum Gasteiger partial charge on any atom is -0.357 e. The molecule has 0 amide bonds. The van der Waals surface area contributed by atoms with Crippen LogP contribution in [-0.2, 0) is 9.84 Å². The maximum Gasteiger partial charge on any atom is 0.191 e. The minimum atomic E-state index is -2.88. The normalized spacial score (nSPS) is 16.7. The highest BCUT2D eigenvalue weighted by molar-refractivity contribution is 14.0. The molecule has 5 nitrogen and oxygen atoms in total. The third kappa shape index (κ3) is 13.0. The van der Waals surface area contributed by atoms with E-state index < -0.39 is 9.84 Å². The van der Waals surface area contributed by atoms with Gasteiger partial charge in [-0.05, 0) is 32.1 Å². The SMILES string of the molecule is CCNC(=NCCCS(C)(=O)=O)NCCCC1CCCCC1.I. The van der Waals surface area contributed by atoms with Crippen molar-refractivity contribution in [2.24, 2.45) is 10.9 Å². The van der Waals surface area contributed by atoms with Crippen molar-refractivity contribution in [3.05, 3.63) is 0 Å². The summed E-state index contributed by atoms with van der Waals surface area (Å²) in [6.45, 7) is 4.34. The second-order valence-corrected chi connectivity index (χ2v) is 8.58. The lowest BCUT2D eigenvalue weighted by Gasteiger charge is -2.21. The summed E-state index contributed by atoms with van der Waals surface area (Å²) in [4.78, 5) is 4.43. The average Bonchev–Trinajstić information content (AvgIpc) is 2.48. The molecule has 2 N–H and O–H groups in total. The van der Waals surface area contributed by atoms with Gasteiger partial charge in [-0.3, -0.25) is 4.99 Å². The Kier molecular flexibility index (Phi) is 13.2. The Balaban J connectivity index is 0.00000484. The van der Waals surface area contributed by atoms with E-state index in [9.17, 15) is 8.42 Å². The van der Waals surface area contributed by atoms with Crippen molar-refractivity contribution in [1.82, 2.24) is 10.6 Å². The van der Waals surface area contributed by atoms with Gasteiger partial charge < -0.3 is 10.6 Å². The van der Waals surface area contributed by atoms with Crippen molar-refractivity contribution >= 4 is 39.8 Å². The van der Waals surface area contributed by atoms with Gasteiger partial charge in [0.15, 0.2) is 5.96 Å². The molecule has 1 saturated carbocycles. The summed E-state index contributed by atoms with van der Waals surface area (Å²) in [5.74, 6) is 1.93. The number of sulfone groups is 1. The van der Waals surface area contributed by atoms with E-state index in [0.717, 1.165) is 25.0 Å². The van der Waals surface area contributed by atoms with E-state index in [1.54, 1.807) is 0 Å². The second-order valence-electron chi connectivity index (χ2n) is 6.32. The fourth-order valence-electron chi connectivity index (χ4n) is 2.93. The number of nitrogens with one attached hydrogen (secondary N) is 2. The van der Waals surface area contributed by atoms with Crippen molar-refractivity contribution in [3.63, 3.8) is 0 Å². The first-order chi connectivity index (χ1) is 10.5. The van der Waals surface area contributed by atoms with Crippen LogP contribution < -0.4 is 10.6 Å². The first-order valence-corrected chi connectivity index (χ1v) is 10.8. The monoisotopic (exact) mass is 459 g/mol. The van der Waals surface area contributed by atoms with Crippen molar-refractivity contribution < 1.29 is 8.42 Å². The van der Waals surface area contributed by atoms with Gasteiger partial charge in [0.1, 0.15) is 9.84 Å². The smallest absolute Gasteiger partial charge is 0.191 e. The lowest BCUT2D eigenvalue weighted by molar-refractivity contribution is 0.332. The molecule has 0 atom stereocenters. The summed E-state index contributed by atoms with van der Waals surface area (Å²) in [6, 6.07) is 0. The van der Waals surface area contributed by atoms with Crippen LogP contribution >= 0.6 is 24.0 Å². The van der Waals surface area contributed by atoms with Crippen LogP contribution in [0.25, 0.3) is 0 Å². The number of guanidine groups is 1. The average molecular weight is 459 g/mol. The molecule has 1 aliphatic rings. The van der Waals surface area contributed by atoms with Crippen molar-refractivity contribution in [2.75, 3.05) is 31.6 Å². The highest BCUT2D eigenvalue weighted by atomic mass is 127. The summed E-state index contributed by atoms with van der Waals surface area (Å²) >= 11 is 0. The van der Waals surface area contributed by atoms with Gasteiger partial charge in [-0.25, -0.2) is 8.42 Å². The molecule has 0 spiro atoms. The zero-order valence-electron chi connectivity index (χ0n) is 14.6. The predicted octanol–water partition coefficient (Wildman–Crippen LogP) is 2.95. The van der Waals surface area contributed by atoms with E-state index >= 15 is 0 Å². The fourth-order valence-corrected chi connectivity index (χ4v) is 3.59. The molecule has 0 aromatic rings. The van der Waals surface area contributed by atoms with Gasteiger partial charge in [0, 0.05) is 25.9 Å². The minimum absolute atomic E-state index is 0. The summed E-state index contributed by atoms with van der Waals surface area (Å²) in [5, 5.41) is 6.56. The van der Waals surface area contributed by atoms with Gasteiger partial charge in [0.05, 0.1) is 5.75 Å². The molecule has 7 heteroatoms. The molecule has 0 saturated heterocycles. The first kappa shape index (κ1) is 22.9. The largest absolute Gasteiger partial charge is 0.357 e. The standard InChI is InChI=1S/C16H33N3O2S.HI/c1-3-17-16(19-13-8-14-22(2,20)21)18-12-7-11-15-9-5-4-6-10-15;/h15H,3-14H2,1-2H3,(H2,17,18,19);1H. The van der Waals surface area contributed by atoms with Crippen LogP contribution in [0.3, 0.4) is 0 Å². The molecule has 1 rings (SSSR count). The summed E-state index contributed by atoms with van der Waals surface area (Å²) in [6.07, 6.45) is 11.4. The number of hydrogen-bond donors (Lipinski definition) is 2. The Morgan fingerprint density at radius 2 is 1.83 bits per heavy atom. The number of rotatable bonds is 9. The van der Waals surface area contributed by atoms with Gasteiger partial charge in [0.25, 0.3) is 0 Å².